The molecule has 0 aliphatic rings. The van der Waals surface area contributed by atoms with Crippen LogP contribution < -0.4 is 5.32 Å². The van der Waals surface area contributed by atoms with Crippen LogP contribution in [-0.2, 0) is 27.3 Å². The summed E-state index contributed by atoms with van der Waals surface area (Å²) in [7, 11) is 1.72. The van der Waals surface area contributed by atoms with Crippen LogP contribution in [0.25, 0.3) is 0 Å². The van der Waals surface area contributed by atoms with Gasteiger partial charge in [0.1, 0.15) is 11.6 Å². The minimum Gasteiger partial charge on any atom is -0.481 e. The smallest absolute Gasteiger partial charge is 0.412 e. The molecule has 0 aliphatic carbocycles. The first-order valence-corrected chi connectivity index (χ1v) is 13.8. The number of nitrogens with one attached hydrogen (secondary N) is 1. The van der Waals surface area contributed by atoms with Crippen molar-refractivity contribution in [3.63, 3.8) is 0 Å². The van der Waals surface area contributed by atoms with Gasteiger partial charge in [0, 0.05) is 26.1 Å². The third-order valence-electron chi connectivity index (χ3n) is 6.58. The van der Waals surface area contributed by atoms with Gasteiger partial charge in [0.2, 0.25) is 5.91 Å². The number of nitrogens with zero attached hydrogens (tertiary/aromatic N) is 2. The van der Waals surface area contributed by atoms with Gasteiger partial charge in [-0.15, -0.1) is 0 Å². The third-order valence-corrected chi connectivity index (χ3v) is 6.58. The Labute approximate surface area is 242 Å². The number of hydrogen-bond donors (Lipinski definition) is 2. The molecule has 8 heteroatoms. The molecule has 2 N–H and O–H groups in total. The molecule has 218 valence electrons. The van der Waals surface area contributed by atoms with Crippen LogP contribution in [0.5, 0.6) is 0 Å². The van der Waals surface area contributed by atoms with Crippen molar-refractivity contribution in [1.82, 2.24) is 15.1 Å². The lowest BCUT2D eigenvalue weighted by Gasteiger charge is -2.40. The Morgan fingerprint density at radius 2 is 1.37 bits per heavy atom. The molecule has 0 fully saturated rings. The number of carboxylic acids is 1. The summed E-state index contributed by atoms with van der Waals surface area (Å²) in [5.41, 5.74) is 1.79. The molecule has 3 aromatic carbocycles. The Hall–Kier alpha value is -4.17. The number of benzene rings is 3. The summed E-state index contributed by atoms with van der Waals surface area (Å²) in [6.45, 7) is 7.43. The van der Waals surface area contributed by atoms with Gasteiger partial charge in [0.25, 0.3) is 0 Å². The highest BCUT2D eigenvalue weighted by atomic mass is 16.6. The molecule has 0 spiro atoms. The minimum atomic E-state index is -0.984. The van der Waals surface area contributed by atoms with Crippen LogP contribution in [0.3, 0.4) is 0 Å². The zero-order chi connectivity index (χ0) is 30.0. The molecule has 0 aromatic heterocycles. The molecule has 3 atom stereocenters. The Balaban J connectivity index is 2.02. The van der Waals surface area contributed by atoms with Crippen LogP contribution in [-0.4, -0.2) is 57.7 Å². The van der Waals surface area contributed by atoms with E-state index in [1.807, 2.05) is 91.0 Å². The van der Waals surface area contributed by atoms with E-state index < -0.39 is 35.9 Å². The first kappa shape index (κ1) is 31.4. The van der Waals surface area contributed by atoms with Crippen molar-refractivity contribution in [1.29, 1.82) is 0 Å². The standard InChI is InChI=1S/C33H41N3O5/c1-24(34-28(22-30(37)38)27-19-13-8-14-20-27)36(32(40)41-33(2,3)4)29(21-25-15-9-6-10-16-25)31(39)35(5)23-26-17-11-7-12-18-26/h6-20,24,28-29,34H,21-23H2,1-5H3,(H,37,38)/t24?,28-,29?/m0/s1. The zero-order valence-electron chi connectivity index (χ0n) is 24.5. The predicted molar refractivity (Wildman–Crippen MR) is 159 cm³/mol. The van der Waals surface area contributed by atoms with Gasteiger partial charge in [-0.25, -0.2) is 4.79 Å². The Kier molecular flexibility index (Phi) is 11.1. The second-order valence-electron chi connectivity index (χ2n) is 11.2. The van der Waals surface area contributed by atoms with Gasteiger partial charge in [0.15, 0.2) is 0 Å². The van der Waals surface area contributed by atoms with Crippen molar-refractivity contribution in [3.05, 3.63) is 108 Å². The number of hydrogen-bond acceptors (Lipinski definition) is 5. The molecule has 3 rings (SSSR count). The van der Waals surface area contributed by atoms with Crippen LogP contribution in [0.2, 0.25) is 0 Å². The molecule has 2 amide bonds. The van der Waals surface area contributed by atoms with E-state index in [9.17, 15) is 19.5 Å². The average molecular weight is 560 g/mol. The first-order chi connectivity index (χ1) is 19.4. The second kappa shape index (κ2) is 14.5. The van der Waals surface area contributed by atoms with Crippen molar-refractivity contribution >= 4 is 18.0 Å². The Bertz CT molecular complexity index is 1260. The number of ether oxygens (including phenoxy) is 1. The summed E-state index contributed by atoms with van der Waals surface area (Å²) >= 11 is 0. The van der Waals surface area contributed by atoms with Gasteiger partial charge in [-0.05, 0) is 44.4 Å². The molecule has 0 bridgehead atoms. The summed E-state index contributed by atoms with van der Waals surface area (Å²) in [4.78, 5) is 42.8. The molecule has 2 unspecified atom stereocenters. The van der Waals surface area contributed by atoms with Gasteiger partial charge < -0.3 is 14.7 Å². The fraction of sp³-hybridized carbons (Fsp3) is 0.364. The number of carboxylic acid groups (broad SMARTS) is 1. The zero-order valence-corrected chi connectivity index (χ0v) is 24.5. The molecule has 0 saturated carbocycles. The van der Waals surface area contributed by atoms with Crippen LogP contribution >= 0.6 is 0 Å². The molecular formula is C33H41N3O5. The van der Waals surface area contributed by atoms with Crippen LogP contribution in [0.4, 0.5) is 4.79 Å². The number of likely N-dealkylation sites (N-methyl/N-ethyl adjacent to an activating group) is 1. The maximum absolute atomic E-state index is 14.2. The quantitative estimate of drug-likeness (QED) is 0.279. The first-order valence-electron chi connectivity index (χ1n) is 13.8. The van der Waals surface area contributed by atoms with Crippen molar-refractivity contribution in [2.75, 3.05) is 7.05 Å². The fourth-order valence-electron chi connectivity index (χ4n) is 4.71. The van der Waals surface area contributed by atoms with E-state index in [0.29, 0.717) is 6.54 Å². The van der Waals surface area contributed by atoms with Gasteiger partial charge >= 0.3 is 12.1 Å². The normalized spacial score (nSPS) is 13.5. The second-order valence-corrected chi connectivity index (χ2v) is 11.2. The molecule has 0 saturated heterocycles. The summed E-state index contributed by atoms with van der Waals surface area (Å²) in [5.74, 6) is -1.24. The largest absolute Gasteiger partial charge is 0.481 e. The molecular weight excluding hydrogens is 518 g/mol. The Morgan fingerprint density at radius 1 is 0.854 bits per heavy atom. The van der Waals surface area contributed by atoms with Crippen LogP contribution in [0.1, 0.15) is 56.8 Å². The highest BCUT2D eigenvalue weighted by Gasteiger charge is 2.38. The van der Waals surface area contributed by atoms with Crippen LogP contribution in [0, 0.1) is 0 Å². The number of amides is 2. The maximum Gasteiger partial charge on any atom is 0.412 e. The summed E-state index contributed by atoms with van der Waals surface area (Å²) < 4.78 is 5.82. The fourth-order valence-corrected chi connectivity index (χ4v) is 4.71. The van der Waals surface area contributed by atoms with Crippen molar-refractivity contribution in [2.45, 2.75) is 70.9 Å². The Morgan fingerprint density at radius 3 is 1.88 bits per heavy atom. The van der Waals surface area contributed by atoms with E-state index in [-0.39, 0.29) is 18.7 Å². The van der Waals surface area contributed by atoms with Crippen molar-refractivity contribution in [2.24, 2.45) is 0 Å². The average Bonchev–Trinajstić information content (AvgIpc) is 2.92. The van der Waals surface area contributed by atoms with E-state index in [4.69, 9.17) is 4.74 Å². The van der Waals surface area contributed by atoms with Gasteiger partial charge in [-0.1, -0.05) is 91.0 Å². The monoisotopic (exact) mass is 559 g/mol. The molecule has 0 heterocycles. The summed E-state index contributed by atoms with van der Waals surface area (Å²) in [6, 6.07) is 26.8. The SMILES string of the molecule is CC(N[C@@H](CC(=O)O)c1ccccc1)N(C(=O)OC(C)(C)C)C(Cc1ccccc1)C(=O)N(C)Cc1ccccc1. The van der Waals surface area contributed by atoms with Gasteiger partial charge in [-0.3, -0.25) is 19.8 Å². The molecule has 0 aliphatic heterocycles. The van der Waals surface area contributed by atoms with Crippen LogP contribution in [0.15, 0.2) is 91.0 Å². The van der Waals surface area contributed by atoms with E-state index in [1.165, 1.54) is 4.90 Å². The topological polar surface area (TPSA) is 99.2 Å². The number of carbonyl (C=O) groups excluding carboxylic acids is 2. The van der Waals surface area contributed by atoms with E-state index >= 15 is 0 Å². The maximum atomic E-state index is 14.2. The van der Waals surface area contributed by atoms with E-state index in [2.05, 4.69) is 5.32 Å². The lowest BCUT2D eigenvalue weighted by molar-refractivity contribution is -0.139. The molecule has 8 nitrogen and oxygen atoms in total. The van der Waals surface area contributed by atoms with Gasteiger partial charge in [-0.2, -0.15) is 0 Å². The number of aliphatic carboxylic acids is 1. The molecule has 41 heavy (non-hydrogen) atoms. The van der Waals surface area contributed by atoms with Crippen molar-refractivity contribution < 1.29 is 24.2 Å². The van der Waals surface area contributed by atoms with Gasteiger partial charge in [0.05, 0.1) is 12.6 Å². The summed E-state index contributed by atoms with van der Waals surface area (Å²) in [6.07, 6.45) is -1.38. The van der Waals surface area contributed by atoms with E-state index in [0.717, 1.165) is 16.7 Å². The lowest BCUT2D eigenvalue weighted by atomic mass is 10.0. The lowest BCUT2D eigenvalue weighted by Crippen LogP contribution is -2.59. The number of rotatable bonds is 12. The molecule has 0 radical (unpaired) electrons. The van der Waals surface area contributed by atoms with Crippen molar-refractivity contribution in [3.8, 4) is 0 Å². The highest BCUT2D eigenvalue weighted by Crippen LogP contribution is 2.23. The summed E-state index contributed by atoms with van der Waals surface area (Å²) in [5, 5.41) is 13.0. The van der Waals surface area contributed by atoms with E-state index in [1.54, 1.807) is 39.6 Å². The third kappa shape index (κ3) is 9.76. The molecule has 3 aromatic rings. The predicted octanol–water partition coefficient (Wildman–Crippen LogP) is 5.65. The number of carbonyl (C=O) groups is 3. The highest BCUT2D eigenvalue weighted by molar-refractivity contribution is 5.86. The minimum absolute atomic E-state index is 0.207.